The van der Waals surface area contributed by atoms with Gasteiger partial charge in [0.05, 0.1) is 12.2 Å². The van der Waals surface area contributed by atoms with Crippen molar-refractivity contribution in [3.05, 3.63) is 70.7 Å². The fourth-order valence-corrected chi connectivity index (χ4v) is 3.39. The Morgan fingerprint density at radius 2 is 1.97 bits per heavy atom. The molecule has 1 heterocycles. The third kappa shape index (κ3) is 5.80. The molecule has 1 N–H and O–H groups in total. The van der Waals surface area contributed by atoms with Crippen molar-refractivity contribution in [2.45, 2.75) is 12.8 Å². The highest BCUT2D eigenvalue weighted by Gasteiger charge is 2.30. The van der Waals surface area contributed by atoms with E-state index in [1.807, 2.05) is 6.07 Å². The molecule has 5 nitrogen and oxygen atoms in total. The molecule has 3 rings (SSSR count). The van der Waals surface area contributed by atoms with Crippen LogP contribution >= 0.6 is 11.3 Å². The normalized spacial score (nSPS) is 11.3. The van der Waals surface area contributed by atoms with E-state index in [2.05, 4.69) is 10.3 Å². The van der Waals surface area contributed by atoms with Crippen molar-refractivity contribution in [1.29, 1.82) is 0 Å². The van der Waals surface area contributed by atoms with Crippen LogP contribution in [0.2, 0.25) is 0 Å². The Morgan fingerprint density at radius 3 is 2.73 bits per heavy atom. The number of carbonyl (C=O) groups is 1. The van der Waals surface area contributed by atoms with E-state index in [9.17, 15) is 18.0 Å². The number of amides is 1. The number of aromatic nitrogens is 1. The van der Waals surface area contributed by atoms with Crippen LogP contribution in [0.4, 0.5) is 13.2 Å². The van der Waals surface area contributed by atoms with Gasteiger partial charge >= 0.3 is 6.18 Å². The molecule has 0 aliphatic rings. The second kappa shape index (κ2) is 9.73. The summed E-state index contributed by atoms with van der Waals surface area (Å²) in [5, 5.41) is 5.00. The molecule has 158 valence electrons. The molecule has 0 saturated heterocycles. The highest BCUT2D eigenvalue weighted by Crippen LogP contribution is 2.30. The van der Waals surface area contributed by atoms with Gasteiger partial charge in [0.15, 0.2) is 0 Å². The molecule has 0 fully saturated rings. The van der Waals surface area contributed by atoms with E-state index in [0.717, 1.165) is 17.7 Å². The van der Waals surface area contributed by atoms with Crippen molar-refractivity contribution in [2.75, 3.05) is 20.3 Å². The van der Waals surface area contributed by atoms with Crippen LogP contribution in [0.5, 0.6) is 5.75 Å². The molecule has 3 aromatic rings. The maximum atomic E-state index is 12.8. The lowest BCUT2D eigenvalue weighted by Gasteiger charge is -2.10. The minimum absolute atomic E-state index is 0.00159. The van der Waals surface area contributed by atoms with Gasteiger partial charge < -0.3 is 14.8 Å². The lowest BCUT2D eigenvalue weighted by Crippen LogP contribution is -2.27. The molecule has 0 unspecified atom stereocenters. The standard InChI is InChI=1S/C21H19F3N2O3S/c1-28-9-8-25-19(27)18-13-30-20(26-18)15-5-3-7-17(11-15)29-12-14-4-2-6-16(10-14)21(22,23)24/h2-7,10-11,13H,8-9,12H2,1H3,(H,25,27). The van der Waals surface area contributed by atoms with Gasteiger partial charge in [-0.25, -0.2) is 4.98 Å². The Labute approximate surface area is 175 Å². The fourth-order valence-electron chi connectivity index (χ4n) is 2.59. The molecular formula is C21H19F3N2O3S. The summed E-state index contributed by atoms with van der Waals surface area (Å²) in [6.07, 6.45) is -4.39. The smallest absolute Gasteiger partial charge is 0.416 e. The van der Waals surface area contributed by atoms with Crippen molar-refractivity contribution in [2.24, 2.45) is 0 Å². The van der Waals surface area contributed by atoms with Crippen molar-refractivity contribution >= 4 is 17.2 Å². The Morgan fingerprint density at radius 1 is 1.17 bits per heavy atom. The molecule has 0 aliphatic carbocycles. The molecule has 9 heteroatoms. The van der Waals surface area contributed by atoms with Gasteiger partial charge in [0.2, 0.25) is 0 Å². The Kier molecular flexibility index (Phi) is 7.07. The summed E-state index contributed by atoms with van der Waals surface area (Å²) in [6, 6.07) is 12.1. The Bertz CT molecular complexity index is 1000. The first-order valence-electron chi connectivity index (χ1n) is 8.99. The van der Waals surface area contributed by atoms with Gasteiger partial charge in [-0.1, -0.05) is 24.3 Å². The Balaban J connectivity index is 1.66. The maximum absolute atomic E-state index is 12.8. The lowest BCUT2D eigenvalue weighted by molar-refractivity contribution is -0.137. The van der Waals surface area contributed by atoms with Crippen LogP contribution in [0, 0.1) is 0 Å². The van der Waals surface area contributed by atoms with Gasteiger partial charge in [-0.05, 0) is 29.8 Å². The number of rotatable bonds is 8. The number of benzene rings is 2. The maximum Gasteiger partial charge on any atom is 0.416 e. The van der Waals surface area contributed by atoms with E-state index in [-0.39, 0.29) is 12.5 Å². The lowest BCUT2D eigenvalue weighted by atomic mass is 10.1. The van der Waals surface area contributed by atoms with Crippen LogP contribution in [0.1, 0.15) is 21.6 Å². The predicted octanol–water partition coefficient (Wildman–Crippen LogP) is 4.78. The molecule has 2 aromatic carbocycles. The van der Waals surface area contributed by atoms with Gasteiger partial charge in [-0.2, -0.15) is 13.2 Å². The highest BCUT2D eigenvalue weighted by atomic mass is 32.1. The molecule has 1 amide bonds. The number of carbonyl (C=O) groups excluding carboxylic acids is 1. The second-order valence-corrected chi connectivity index (χ2v) is 7.16. The largest absolute Gasteiger partial charge is 0.489 e. The third-order valence-corrected chi connectivity index (χ3v) is 4.96. The van der Waals surface area contributed by atoms with Crippen LogP contribution in [0.15, 0.2) is 53.9 Å². The highest BCUT2D eigenvalue weighted by molar-refractivity contribution is 7.13. The summed E-state index contributed by atoms with van der Waals surface area (Å²) in [6.45, 7) is 0.799. The fraction of sp³-hybridized carbons (Fsp3) is 0.238. The summed E-state index contributed by atoms with van der Waals surface area (Å²) in [4.78, 5) is 16.4. The first-order valence-corrected chi connectivity index (χ1v) is 9.87. The molecule has 1 aromatic heterocycles. The van der Waals surface area contributed by atoms with E-state index in [1.54, 1.807) is 36.8 Å². The zero-order chi connectivity index (χ0) is 21.6. The molecule has 30 heavy (non-hydrogen) atoms. The van der Waals surface area contributed by atoms with Crippen molar-refractivity contribution in [3.63, 3.8) is 0 Å². The van der Waals surface area contributed by atoms with Gasteiger partial charge in [0, 0.05) is 24.6 Å². The summed E-state index contributed by atoms with van der Waals surface area (Å²) in [5.74, 6) is 0.206. The van der Waals surface area contributed by atoms with E-state index in [4.69, 9.17) is 9.47 Å². The van der Waals surface area contributed by atoms with E-state index < -0.39 is 11.7 Å². The topological polar surface area (TPSA) is 60.5 Å². The first kappa shape index (κ1) is 21.8. The van der Waals surface area contributed by atoms with Gasteiger partial charge in [0.1, 0.15) is 23.1 Å². The third-order valence-electron chi connectivity index (χ3n) is 4.07. The van der Waals surface area contributed by atoms with Gasteiger partial charge in [-0.3, -0.25) is 4.79 Å². The SMILES string of the molecule is COCCNC(=O)c1csc(-c2cccc(OCc3cccc(C(F)(F)F)c3)c2)n1. The van der Waals surface area contributed by atoms with E-state index in [0.29, 0.717) is 35.2 Å². The monoisotopic (exact) mass is 436 g/mol. The average Bonchev–Trinajstić information content (AvgIpc) is 3.23. The predicted molar refractivity (Wildman–Crippen MR) is 108 cm³/mol. The summed E-state index contributed by atoms with van der Waals surface area (Å²) in [5.41, 5.74) is 0.759. The van der Waals surface area contributed by atoms with Crippen molar-refractivity contribution in [1.82, 2.24) is 10.3 Å². The number of halogens is 3. The zero-order valence-corrected chi connectivity index (χ0v) is 16.8. The summed E-state index contributed by atoms with van der Waals surface area (Å²) in [7, 11) is 1.55. The van der Waals surface area contributed by atoms with Gasteiger partial charge in [-0.15, -0.1) is 11.3 Å². The number of thiazole rings is 1. The molecule has 0 spiro atoms. The molecule has 0 atom stereocenters. The minimum atomic E-state index is -4.39. The number of hydrogen-bond donors (Lipinski definition) is 1. The second-order valence-electron chi connectivity index (χ2n) is 6.30. The number of alkyl halides is 3. The van der Waals surface area contributed by atoms with Crippen LogP contribution in [0.3, 0.4) is 0 Å². The summed E-state index contributed by atoms with van der Waals surface area (Å²) < 4.78 is 49.1. The summed E-state index contributed by atoms with van der Waals surface area (Å²) >= 11 is 1.31. The molecule has 0 bridgehead atoms. The van der Waals surface area contributed by atoms with Crippen LogP contribution in [-0.2, 0) is 17.5 Å². The number of hydrogen-bond acceptors (Lipinski definition) is 5. The number of methoxy groups -OCH3 is 1. The molecule has 0 saturated carbocycles. The first-order chi connectivity index (χ1) is 14.4. The average molecular weight is 436 g/mol. The van der Waals surface area contributed by atoms with Gasteiger partial charge in [0.25, 0.3) is 5.91 Å². The molecule has 0 radical (unpaired) electrons. The van der Waals surface area contributed by atoms with Crippen LogP contribution < -0.4 is 10.1 Å². The Hall–Kier alpha value is -2.91. The molecular weight excluding hydrogens is 417 g/mol. The van der Waals surface area contributed by atoms with E-state index >= 15 is 0 Å². The van der Waals surface area contributed by atoms with E-state index in [1.165, 1.54) is 17.4 Å². The number of nitrogens with one attached hydrogen (secondary N) is 1. The van der Waals surface area contributed by atoms with Crippen molar-refractivity contribution < 1.29 is 27.4 Å². The number of ether oxygens (including phenoxy) is 2. The van der Waals surface area contributed by atoms with Crippen LogP contribution in [0.25, 0.3) is 10.6 Å². The minimum Gasteiger partial charge on any atom is -0.489 e. The number of nitrogens with zero attached hydrogens (tertiary/aromatic N) is 1. The zero-order valence-electron chi connectivity index (χ0n) is 16.0. The molecule has 0 aliphatic heterocycles. The quantitative estimate of drug-likeness (QED) is 0.516. The van der Waals surface area contributed by atoms with Crippen LogP contribution in [-0.4, -0.2) is 31.2 Å². The van der Waals surface area contributed by atoms with Crippen molar-refractivity contribution in [3.8, 4) is 16.3 Å².